The van der Waals surface area contributed by atoms with Crippen LogP contribution in [0.5, 0.6) is 0 Å². The minimum Gasteiger partial charge on any atom is -0.338 e. The number of nitrogens with one attached hydrogen (secondary N) is 3. The molecule has 0 saturated heterocycles. The Morgan fingerprint density at radius 2 is 1.66 bits per heavy atom. The van der Waals surface area contributed by atoms with Gasteiger partial charge in [0, 0.05) is 36.7 Å². The highest BCUT2D eigenvalue weighted by Gasteiger charge is 2.33. The van der Waals surface area contributed by atoms with Crippen LogP contribution < -0.4 is 20.9 Å². The van der Waals surface area contributed by atoms with Crippen LogP contribution in [0.2, 0.25) is 5.02 Å². The molecule has 4 aromatic rings. The van der Waals surface area contributed by atoms with Gasteiger partial charge in [0.25, 0.3) is 0 Å². The maximum Gasteiger partial charge on any atom is 0.417 e. The number of fused-ring (bicyclic) bond motifs is 1. The molecule has 216 valence electrons. The van der Waals surface area contributed by atoms with Crippen LogP contribution in [0.15, 0.2) is 55.1 Å². The molecule has 2 aromatic carbocycles. The van der Waals surface area contributed by atoms with Gasteiger partial charge < -0.3 is 20.9 Å². The number of carbonyl (C=O) groups is 2. The standard InChI is InChI=1S/C26H27ClF3N9O2/c1-4-31-25(41)38(12-11-37(2)3)22-21-23(33-14-32-22)39(15-34-21)18-8-5-16(6-9-18)35-24(40)36-17-7-10-20(27)19(13-17)26(28,29)30/h5-10,13-15H,4,11-12H2,1-3H3,(H,31,41)(H2,35,36,40). The second-order valence-electron chi connectivity index (χ2n) is 9.09. The third kappa shape index (κ3) is 7.02. The largest absolute Gasteiger partial charge is 0.417 e. The summed E-state index contributed by atoms with van der Waals surface area (Å²) in [5.74, 6) is 0.368. The molecule has 2 heterocycles. The molecule has 0 aliphatic heterocycles. The van der Waals surface area contributed by atoms with E-state index in [1.807, 2.05) is 25.9 Å². The molecule has 0 radical (unpaired) electrons. The number of rotatable bonds is 8. The Morgan fingerprint density at radius 1 is 0.976 bits per heavy atom. The van der Waals surface area contributed by atoms with Crippen LogP contribution in [0.25, 0.3) is 16.9 Å². The van der Waals surface area contributed by atoms with Crippen molar-refractivity contribution < 1.29 is 22.8 Å². The van der Waals surface area contributed by atoms with E-state index in [0.717, 1.165) is 12.1 Å². The Labute approximate surface area is 238 Å². The van der Waals surface area contributed by atoms with E-state index in [0.29, 0.717) is 48.0 Å². The maximum absolute atomic E-state index is 13.1. The number of halogens is 4. The van der Waals surface area contributed by atoms with Gasteiger partial charge >= 0.3 is 18.2 Å². The van der Waals surface area contributed by atoms with Gasteiger partial charge in [0.15, 0.2) is 17.0 Å². The lowest BCUT2D eigenvalue weighted by Crippen LogP contribution is -2.43. The minimum absolute atomic E-state index is 0.0662. The third-order valence-electron chi connectivity index (χ3n) is 5.85. The normalized spacial score (nSPS) is 11.5. The minimum atomic E-state index is -4.66. The predicted molar refractivity (Wildman–Crippen MR) is 151 cm³/mol. The number of amides is 4. The van der Waals surface area contributed by atoms with Crippen molar-refractivity contribution in [3.05, 3.63) is 65.7 Å². The lowest BCUT2D eigenvalue weighted by Gasteiger charge is -2.23. The average molecular weight is 590 g/mol. The number of nitrogens with zero attached hydrogens (tertiary/aromatic N) is 6. The molecule has 4 rings (SSSR count). The molecular formula is C26H27ClF3N9O2. The second kappa shape index (κ2) is 12.4. The zero-order chi connectivity index (χ0) is 29.7. The Hall–Kier alpha value is -4.43. The molecule has 0 spiro atoms. The molecule has 0 unspecified atom stereocenters. The van der Waals surface area contributed by atoms with Crippen LogP contribution >= 0.6 is 11.6 Å². The van der Waals surface area contributed by atoms with Crippen molar-refractivity contribution in [2.24, 2.45) is 0 Å². The first-order chi connectivity index (χ1) is 19.5. The van der Waals surface area contributed by atoms with Gasteiger partial charge in [-0.3, -0.25) is 9.47 Å². The molecule has 41 heavy (non-hydrogen) atoms. The predicted octanol–water partition coefficient (Wildman–Crippen LogP) is 5.23. The summed E-state index contributed by atoms with van der Waals surface area (Å²) in [6, 6.07) is 8.71. The fourth-order valence-electron chi connectivity index (χ4n) is 3.88. The molecule has 0 atom stereocenters. The molecule has 0 aliphatic carbocycles. The molecule has 0 saturated carbocycles. The highest BCUT2D eigenvalue weighted by molar-refractivity contribution is 6.31. The van der Waals surface area contributed by atoms with E-state index in [1.165, 1.54) is 17.3 Å². The zero-order valence-electron chi connectivity index (χ0n) is 22.3. The SMILES string of the molecule is CCNC(=O)N(CCN(C)C)c1ncnc2c1ncn2-c1ccc(NC(=O)Nc2ccc(Cl)c(C(F)(F)F)c2)cc1. The van der Waals surface area contributed by atoms with Crippen molar-refractivity contribution in [3.63, 3.8) is 0 Å². The smallest absolute Gasteiger partial charge is 0.338 e. The fourth-order valence-corrected chi connectivity index (χ4v) is 4.10. The van der Waals surface area contributed by atoms with Crippen LogP contribution in [0.4, 0.5) is 40.0 Å². The third-order valence-corrected chi connectivity index (χ3v) is 6.18. The van der Waals surface area contributed by atoms with E-state index >= 15 is 0 Å². The highest BCUT2D eigenvalue weighted by Crippen LogP contribution is 2.36. The number of benzene rings is 2. The number of imidazole rings is 1. The summed E-state index contributed by atoms with van der Waals surface area (Å²) in [5.41, 5.74) is 0.836. The Morgan fingerprint density at radius 3 is 2.32 bits per heavy atom. The topological polar surface area (TPSA) is 120 Å². The van der Waals surface area contributed by atoms with Gasteiger partial charge in [0.2, 0.25) is 0 Å². The quantitative estimate of drug-likeness (QED) is 0.259. The number of carbonyl (C=O) groups excluding carboxylic acids is 2. The van der Waals surface area contributed by atoms with Crippen LogP contribution in [-0.4, -0.2) is 70.2 Å². The monoisotopic (exact) mass is 589 g/mol. The molecule has 2 aromatic heterocycles. The van der Waals surface area contributed by atoms with Crippen LogP contribution in [-0.2, 0) is 6.18 Å². The molecule has 11 nitrogen and oxygen atoms in total. The summed E-state index contributed by atoms with van der Waals surface area (Å²) in [5, 5.41) is 7.28. The van der Waals surface area contributed by atoms with Gasteiger partial charge in [0.1, 0.15) is 12.7 Å². The summed E-state index contributed by atoms with van der Waals surface area (Å²) in [7, 11) is 3.81. The van der Waals surface area contributed by atoms with E-state index in [4.69, 9.17) is 11.6 Å². The number of anilines is 3. The van der Waals surface area contributed by atoms with Gasteiger partial charge in [-0.1, -0.05) is 11.6 Å². The number of urea groups is 2. The second-order valence-corrected chi connectivity index (χ2v) is 9.50. The average Bonchev–Trinajstić information content (AvgIpc) is 3.34. The zero-order valence-corrected chi connectivity index (χ0v) is 23.1. The summed E-state index contributed by atoms with van der Waals surface area (Å²) in [6.45, 7) is 3.27. The van der Waals surface area contributed by atoms with Crippen LogP contribution in [0.3, 0.4) is 0 Å². The van der Waals surface area contributed by atoms with Gasteiger partial charge in [-0.25, -0.2) is 24.5 Å². The van der Waals surface area contributed by atoms with Crippen LogP contribution in [0.1, 0.15) is 12.5 Å². The first-order valence-corrected chi connectivity index (χ1v) is 12.8. The number of aromatic nitrogens is 4. The van der Waals surface area contributed by atoms with Crippen molar-refractivity contribution in [1.82, 2.24) is 29.7 Å². The number of likely N-dealkylation sites (N-methyl/N-ethyl adjacent to an activating group) is 1. The van der Waals surface area contributed by atoms with Crippen molar-refractivity contribution in [2.45, 2.75) is 13.1 Å². The lowest BCUT2D eigenvalue weighted by atomic mass is 10.2. The van der Waals surface area contributed by atoms with E-state index in [1.54, 1.807) is 35.2 Å². The molecule has 0 bridgehead atoms. The van der Waals surface area contributed by atoms with Crippen molar-refractivity contribution in [1.29, 1.82) is 0 Å². The summed E-state index contributed by atoms with van der Waals surface area (Å²) in [6.07, 6.45) is -1.74. The van der Waals surface area contributed by atoms with Crippen molar-refractivity contribution >= 4 is 52.0 Å². The maximum atomic E-state index is 13.1. The first kappa shape index (κ1) is 29.6. The van der Waals surface area contributed by atoms with E-state index in [-0.39, 0.29) is 11.7 Å². The number of hydrogen-bond acceptors (Lipinski definition) is 6. The summed E-state index contributed by atoms with van der Waals surface area (Å²) in [4.78, 5) is 41.8. The number of hydrogen-bond donors (Lipinski definition) is 3. The van der Waals surface area contributed by atoms with Gasteiger partial charge in [-0.15, -0.1) is 0 Å². The fraction of sp³-hybridized carbons (Fsp3) is 0.269. The van der Waals surface area contributed by atoms with Crippen LogP contribution in [0, 0.1) is 0 Å². The Bertz CT molecular complexity index is 1540. The van der Waals surface area contributed by atoms with Gasteiger partial charge in [-0.2, -0.15) is 13.2 Å². The van der Waals surface area contributed by atoms with Gasteiger partial charge in [0.05, 0.1) is 10.6 Å². The molecule has 15 heteroatoms. The van der Waals surface area contributed by atoms with E-state index in [9.17, 15) is 22.8 Å². The molecule has 3 N–H and O–H groups in total. The van der Waals surface area contributed by atoms with E-state index in [2.05, 4.69) is 30.9 Å². The summed E-state index contributed by atoms with van der Waals surface area (Å²) >= 11 is 5.63. The Kier molecular flexibility index (Phi) is 8.93. The molecule has 0 fully saturated rings. The van der Waals surface area contributed by atoms with Gasteiger partial charge in [-0.05, 0) is 63.5 Å². The molecular weight excluding hydrogens is 563 g/mol. The highest BCUT2D eigenvalue weighted by atomic mass is 35.5. The Balaban J connectivity index is 1.52. The molecule has 4 amide bonds. The van der Waals surface area contributed by atoms with Crippen molar-refractivity contribution in [2.75, 3.05) is 49.3 Å². The van der Waals surface area contributed by atoms with Crippen molar-refractivity contribution in [3.8, 4) is 5.69 Å². The summed E-state index contributed by atoms with van der Waals surface area (Å²) < 4.78 is 41.0. The lowest BCUT2D eigenvalue weighted by molar-refractivity contribution is -0.137. The molecule has 0 aliphatic rings. The van der Waals surface area contributed by atoms with E-state index < -0.39 is 22.8 Å². The number of alkyl halides is 3. The first-order valence-electron chi connectivity index (χ1n) is 12.4.